The van der Waals surface area contributed by atoms with Crippen molar-refractivity contribution >= 4 is 25.9 Å². The molecule has 0 spiro atoms. The van der Waals surface area contributed by atoms with Gasteiger partial charge in [-0.05, 0) is 37.8 Å². The Morgan fingerprint density at radius 2 is 1.56 bits per heavy atom. The smallest absolute Gasteiger partial charge is 0.387 e. The number of rotatable bonds is 31. The largest absolute Gasteiger partial charge is 0.472 e. The molecule has 2 aromatic heterocycles. The lowest BCUT2D eigenvalue weighted by Gasteiger charge is -2.30. The Hall–Kier alpha value is -2.78. The number of phosphoric acid groups is 1. The molecule has 0 radical (unpaired) electrons. The molecule has 1 aromatic carbocycles. The second-order valence-electron chi connectivity index (χ2n) is 15.3. The van der Waals surface area contributed by atoms with Crippen molar-refractivity contribution in [1.82, 2.24) is 14.6 Å². The van der Waals surface area contributed by atoms with E-state index in [0.29, 0.717) is 17.8 Å². The number of anilines is 1. The molecule has 14 nitrogen and oxygen atoms in total. The molecule has 1 aliphatic heterocycles. The Labute approximate surface area is 339 Å². The van der Waals surface area contributed by atoms with Crippen molar-refractivity contribution in [2.45, 2.75) is 159 Å². The molecule has 1 saturated heterocycles. The molecule has 0 amide bonds. The monoisotopic (exact) mass is 817 g/mol. The van der Waals surface area contributed by atoms with Gasteiger partial charge in [-0.25, -0.2) is 14.1 Å². The van der Waals surface area contributed by atoms with Crippen LogP contribution in [-0.2, 0) is 40.0 Å². The van der Waals surface area contributed by atoms with Gasteiger partial charge in [0.25, 0.3) is 0 Å². The molecule has 0 saturated carbocycles. The summed E-state index contributed by atoms with van der Waals surface area (Å²) < 4.78 is 43.9. The third kappa shape index (κ3) is 14.8. The fourth-order valence-electron chi connectivity index (χ4n) is 7.41. The minimum absolute atomic E-state index is 0.153. The number of fused-ring (bicyclic) bond motifs is 1. The summed E-state index contributed by atoms with van der Waals surface area (Å²) in [6, 6.07) is 12.9. The summed E-state index contributed by atoms with van der Waals surface area (Å²) >= 11 is 0. The first-order valence-corrected chi connectivity index (χ1v) is 22.6. The third-order valence-corrected chi connectivity index (χ3v) is 11.8. The van der Waals surface area contributed by atoms with Gasteiger partial charge >= 0.3 is 7.82 Å². The number of phosphoric ester groups is 1. The molecule has 1 aliphatic rings. The van der Waals surface area contributed by atoms with E-state index < -0.39 is 50.6 Å². The molecule has 57 heavy (non-hydrogen) atoms. The van der Waals surface area contributed by atoms with Gasteiger partial charge in [0.1, 0.15) is 36.3 Å². The average molecular weight is 818 g/mol. The number of ether oxygens (including phenoxy) is 3. The van der Waals surface area contributed by atoms with E-state index >= 15 is 0 Å². The van der Waals surface area contributed by atoms with Gasteiger partial charge in [-0.15, -0.1) is 0 Å². The number of nitrogen functional groups attached to an aromatic ring is 1. The number of benzene rings is 1. The molecule has 3 aromatic rings. The summed E-state index contributed by atoms with van der Waals surface area (Å²) in [5.41, 5.74) is 6.12. The zero-order valence-corrected chi connectivity index (χ0v) is 35.1. The van der Waals surface area contributed by atoms with Crippen molar-refractivity contribution in [1.29, 1.82) is 0 Å². The third-order valence-electron chi connectivity index (χ3n) is 10.8. The van der Waals surface area contributed by atoms with Crippen molar-refractivity contribution in [3.8, 4) is 0 Å². The molecule has 2 unspecified atom stereocenters. The molecule has 320 valence electrons. The SMILES string of the molecule is C=NC[C@@]1(c2ccc3c(N)ncnn23)O[C@H](COP(=O)(O)OC(C)[C@@H](COCCCCCCCCCCCCCCCCCC)OCc2ccccc2)[C@@H](O)[C@H]1O. The molecule has 4 rings (SSSR count). The van der Waals surface area contributed by atoms with E-state index in [4.69, 9.17) is 29.0 Å². The number of aliphatic imine (C=N–C) groups is 1. The predicted octanol–water partition coefficient (Wildman–Crippen LogP) is 7.71. The minimum atomic E-state index is -4.72. The first-order chi connectivity index (χ1) is 27.6. The number of unbranched alkanes of at least 4 members (excludes halogenated alkanes) is 15. The van der Waals surface area contributed by atoms with E-state index in [0.717, 1.165) is 18.4 Å². The van der Waals surface area contributed by atoms with E-state index in [-0.39, 0.29) is 25.6 Å². The van der Waals surface area contributed by atoms with E-state index in [9.17, 15) is 19.7 Å². The summed E-state index contributed by atoms with van der Waals surface area (Å²) in [5, 5.41) is 26.5. The summed E-state index contributed by atoms with van der Waals surface area (Å²) in [7, 11) is -4.72. The fourth-order valence-corrected chi connectivity index (χ4v) is 8.36. The van der Waals surface area contributed by atoms with E-state index in [1.165, 1.54) is 101 Å². The number of hydrogen-bond acceptors (Lipinski definition) is 12. The van der Waals surface area contributed by atoms with Crippen LogP contribution in [0.2, 0.25) is 0 Å². The molecular formula is C42H68N5O9P. The molecule has 1 fully saturated rings. The summed E-state index contributed by atoms with van der Waals surface area (Å²) in [6.45, 7) is 7.64. The molecular weight excluding hydrogens is 749 g/mol. The van der Waals surface area contributed by atoms with Gasteiger partial charge in [-0.3, -0.25) is 14.0 Å². The predicted molar refractivity (Wildman–Crippen MR) is 222 cm³/mol. The van der Waals surface area contributed by atoms with Crippen LogP contribution in [0, 0.1) is 0 Å². The average Bonchev–Trinajstić information content (AvgIpc) is 3.74. The van der Waals surface area contributed by atoms with Gasteiger partial charge in [0.2, 0.25) is 0 Å². The molecule has 3 heterocycles. The van der Waals surface area contributed by atoms with Crippen molar-refractivity contribution < 1.29 is 42.9 Å². The van der Waals surface area contributed by atoms with Crippen molar-refractivity contribution in [3.05, 3.63) is 60.0 Å². The highest BCUT2D eigenvalue weighted by Gasteiger charge is 2.57. The van der Waals surface area contributed by atoms with Gasteiger partial charge in [-0.1, -0.05) is 134 Å². The number of nitrogens with two attached hydrogens (primary N) is 1. The molecule has 0 aliphatic carbocycles. The van der Waals surface area contributed by atoms with Crippen LogP contribution < -0.4 is 5.73 Å². The summed E-state index contributed by atoms with van der Waals surface area (Å²) in [6.07, 6.45) is 16.1. The molecule has 7 atom stereocenters. The van der Waals surface area contributed by atoms with Gasteiger partial charge in [-0.2, -0.15) is 5.10 Å². The molecule has 0 bridgehead atoms. The summed E-state index contributed by atoms with van der Waals surface area (Å²) in [4.78, 5) is 18.7. The Balaban J connectivity index is 1.20. The number of aliphatic hydroxyl groups excluding tert-OH is 2. The standard InChI is InChI=1S/C42H68N5O9P/c1-4-5-6-7-8-9-10-11-12-13-14-15-16-17-18-22-27-52-29-36(53-28-34-23-20-19-21-24-34)33(2)56-57(50,51)54-30-37-39(48)40(49)42(55-37,31-44-3)38-26-25-35-41(43)45-32-46-47(35)38/h19-21,23-26,32-33,36-37,39-40,48-49H,3-18,22,27-31H2,1-2H3,(H,50,51)(H2,43,45,46)/t33?,36-,37-,39-,40-,42+/m1/s1. The summed E-state index contributed by atoms with van der Waals surface area (Å²) in [5.74, 6) is 0.204. The van der Waals surface area contributed by atoms with Crippen LogP contribution in [0.15, 0.2) is 53.8 Å². The van der Waals surface area contributed by atoms with E-state index in [2.05, 4.69) is 28.7 Å². The number of nitrogens with zero attached hydrogens (tertiary/aromatic N) is 4. The second-order valence-corrected chi connectivity index (χ2v) is 16.7. The normalized spacial score (nSPS) is 21.8. The van der Waals surface area contributed by atoms with Gasteiger partial charge < -0.3 is 35.1 Å². The van der Waals surface area contributed by atoms with Crippen molar-refractivity contribution in [2.24, 2.45) is 4.99 Å². The minimum Gasteiger partial charge on any atom is -0.387 e. The maximum Gasteiger partial charge on any atom is 0.472 e. The maximum atomic E-state index is 13.3. The fraction of sp³-hybridized carbons (Fsp3) is 0.690. The molecule has 5 N–H and O–H groups in total. The Bertz CT molecular complexity index is 1620. The first kappa shape index (κ1) is 46.9. The van der Waals surface area contributed by atoms with Crippen LogP contribution in [0.5, 0.6) is 0 Å². The Morgan fingerprint density at radius 1 is 0.947 bits per heavy atom. The Morgan fingerprint density at radius 3 is 2.18 bits per heavy atom. The highest BCUT2D eigenvalue weighted by Crippen LogP contribution is 2.48. The van der Waals surface area contributed by atoms with Crippen LogP contribution in [-0.4, -0.2) is 93.3 Å². The molecule has 15 heteroatoms. The zero-order valence-electron chi connectivity index (χ0n) is 34.2. The van der Waals surface area contributed by atoms with Gasteiger partial charge in [0, 0.05) is 6.61 Å². The lowest BCUT2D eigenvalue weighted by molar-refractivity contribution is -0.0989. The lowest BCUT2D eigenvalue weighted by atomic mass is 9.91. The van der Waals surface area contributed by atoms with Crippen molar-refractivity contribution in [2.75, 3.05) is 32.1 Å². The topological polar surface area (TPSA) is 192 Å². The Kier molecular flexibility index (Phi) is 20.6. The number of aromatic nitrogens is 3. The first-order valence-electron chi connectivity index (χ1n) is 21.1. The van der Waals surface area contributed by atoms with Crippen LogP contribution >= 0.6 is 7.82 Å². The maximum absolute atomic E-state index is 13.3. The van der Waals surface area contributed by atoms with Crippen LogP contribution in [0.3, 0.4) is 0 Å². The highest BCUT2D eigenvalue weighted by molar-refractivity contribution is 7.47. The van der Waals surface area contributed by atoms with Crippen molar-refractivity contribution in [3.63, 3.8) is 0 Å². The van der Waals surface area contributed by atoms with Gasteiger partial charge in [0.15, 0.2) is 11.4 Å². The lowest BCUT2D eigenvalue weighted by Crippen LogP contribution is -2.44. The zero-order chi connectivity index (χ0) is 40.9. The highest BCUT2D eigenvalue weighted by atomic mass is 31.2. The van der Waals surface area contributed by atoms with Crippen LogP contribution in [0.1, 0.15) is 128 Å². The van der Waals surface area contributed by atoms with Gasteiger partial charge in [0.05, 0.1) is 38.2 Å². The van der Waals surface area contributed by atoms with Crippen LogP contribution in [0.25, 0.3) is 5.52 Å². The second kappa shape index (κ2) is 25.0. The number of hydrogen-bond donors (Lipinski definition) is 4. The van der Waals surface area contributed by atoms with Crippen LogP contribution in [0.4, 0.5) is 5.82 Å². The number of aliphatic hydroxyl groups is 2. The quantitative estimate of drug-likeness (QED) is 0.0281. The van der Waals surface area contributed by atoms with E-state index in [1.54, 1.807) is 19.1 Å². The van der Waals surface area contributed by atoms with E-state index in [1.807, 2.05) is 30.3 Å².